The van der Waals surface area contributed by atoms with E-state index in [1.165, 1.54) is 173 Å². The molecule has 0 aromatic carbocycles. The fraction of sp³-hybridized carbons (Fsp3) is 0.788. The van der Waals surface area contributed by atoms with Crippen LogP contribution in [0.1, 0.15) is 245 Å². The van der Waals surface area contributed by atoms with E-state index in [0.29, 0.717) is 6.42 Å². The highest BCUT2D eigenvalue weighted by Crippen LogP contribution is 2.16. The van der Waals surface area contributed by atoms with Crippen molar-refractivity contribution in [2.75, 3.05) is 6.61 Å². The zero-order valence-corrected chi connectivity index (χ0v) is 37.4. The van der Waals surface area contributed by atoms with Crippen molar-refractivity contribution in [2.45, 2.75) is 257 Å². The van der Waals surface area contributed by atoms with Gasteiger partial charge in [-0.25, -0.2) is 0 Å². The third-order valence-electron chi connectivity index (χ3n) is 11.0. The number of aliphatic hydroxyl groups excluding tert-OH is 2. The van der Waals surface area contributed by atoms with Crippen LogP contribution in [0.5, 0.6) is 0 Å². The van der Waals surface area contributed by atoms with Crippen molar-refractivity contribution in [2.24, 2.45) is 0 Å². The molecule has 0 bridgehead atoms. The Bertz CT molecular complexity index is 934. The Hall–Kier alpha value is -1.91. The molecule has 0 spiro atoms. The van der Waals surface area contributed by atoms with Crippen molar-refractivity contribution in [3.05, 3.63) is 60.8 Å². The molecule has 0 aromatic rings. The van der Waals surface area contributed by atoms with Gasteiger partial charge >= 0.3 is 0 Å². The Morgan fingerprint density at radius 3 is 1.18 bits per heavy atom. The molecule has 0 saturated heterocycles. The lowest BCUT2D eigenvalue weighted by molar-refractivity contribution is -0.123. The Balaban J connectivity index is 3.47. The number of rotatable bonds is 44. The van der Waals surface area contributed by atoms with Gasteiger partial charge in [-0.2, -0.15) is 0 Å². The number of nitrogens with one attached hydrogen (secondary N) is 1. The molecule has 326 valence electrons. The summed E-state index contributed by atoms with van der Waals surface area (Å²) in [5.74, 6) is -0.0638. The van der Waals surface area contributed by atoms with Gasteiger partial charge in [0.1, 0.15) is 0 Å². The predicted octanol–water partition coefficient (Wildman–Crippen LogP) is 15.7. The van der Waals surface area contributed by atoms with Crippen LogP contribution in [-0.2, 0) is 4.79 Å². The first kappa shape index (κ1) is 54.1. The molecule has 56 heavy (non-hydrogen) atoms. The van der Waals surface area contributed by atoms with Crippen molar-refractivity contribution < 1.29 is 15.0 Å². The number of aliphatic hydroxyl groups is 2. The fourth-order valence-electron chi connectivity index (χ4n) is 7.29. The molecule has 0 aliphatic carbocycles. The van der Waals surface area contributed by atoms with Gasteiger partial charge in [0.25, 0.3) is 0 Å². The minimum Gasteiger partial charge on any atom is -0.394 e. The third kappa shape index (κ3) is 43.2. The zero-order valence-electron chi connectivity index (χ0n) is 37.4. The molecular formula is C52H95NO3. The Kier molecular flexibility index (Phi) is 45.8. The lowest BCUT2D eigenvalue weighted by Gasteiger charge is -2.20. The Labute approximate surface area is 349 Å². The molecule has 0 aliphatic heterocycles. The van der Waals surface area contributed by atoms with Gasteiger partial charge < -0.3 is 15.5 Å². The molecule has 2 atom stereocenters. The molecule has 1 amide bonds. The van der Waals surface area contributed by atoms with Crippen molar-refractivity contribution in [1.29, 1.82) is 0 Å². The fourth-order valence-corrected chi connectivity index (χ4v) is 7.29. The lowest BCUT2D eigenvalue weighted by Crippen LogP contribution is -2.45. The van der Waals surface area contributed by atoms with Crippen LogP contribution in [0.25, 0.3) is 0 Å². The lowest BCUT2D eigenvalue weighted by atomic mass is 10.0. The normalized spacial score (nSPS) is 13.4. The van der Waals surface area contributed by atoms with E-state index >= 15 is 0 Å². The van der Waals surface area contributed by atoms with E-state index in [9.17, 15) is 15.0 Å². The third-order valence-corrected chi connectivity index (χ3v) is 11.0. The van der Waals surface area contributed by atoms with E-state index in [1.807, 2.05) is 6.08 Å². The molecule has 0 saturated carbocycles. The molecule has 4 heteroatoms. The van der Waals surface area contributed by atoms with Crippen LogP contribution in [0.3, 0.4) is 0 Å². The summed E-state index contributed by atoms with van der Waals surface area (Å²) in [7, 11) is 0. The van der Waals surface area contributed by atoms with Crippen LogP contribution in [0, 0.1) is 0 Å². The first-order chi connectivity index (χ1) is 27.7. The topological polar surface area (TPSA) is 69.6 Å². The van der Waals surface area contributed by atoms with Crippen molar-refractivity contribution in [3.63, 3.8) is 0 Å². The molecular weight excluding hydrogens is 687 g/mol. The van der Waals surface area contributed by atoms with Crippen molar-refractivity contribution in [1.82, 2.24) is 5.32 Å². The van der Waals surface area contributed by atoms with Gasteiger partial charge in [-0.3, -0.25) is 4.79 Å². The van der Waals surface area contributed by atoms with Crippen LogP contribution in [-0.4, -0.2) is 34.9 Å². The van der Waals surface area contributed by atoms with Crippen molar-refractivity contribution in [3.8, 4) is 0 Å². The van der Waals surface area contributed by atoms with E-state index < -0.39 is 12.1 Å². The van der Waals surface area contributed by atoms with E-state index in [-0.39, 0.29) is 12.5 Å². The monoisotopic (exact) mass is 782 g/mol. The summed E-state index contributed by atoms with van der Waals surface area (Å²) in [6.45, 7) is 4.20. The molecule has 0 rings (SSSR count). The highest BCUT2D eigenvalue weighted by Gasteiger charge is 2.18. The Morgan fingerprint density at radius 1 is 0.446 bits per heavy atom. The summed E-state index contributed by atoms with van der Waals surface area (Å²) < 4.78 is 0. The number of hydrogen-bond acceptors (Lipinski definition) is 3. The number of hydrogen-bond donors (Lipinski definition) is 3. The van der Waals surface area contributed by atoms with Gasteiger partial charge in [0.05, 0.1) is 18.8 Å². The second kappa shape index (κ2) is 47.5. The molecule has 0 aliphatic rings. The highest BCUT2D eigenvalue weighted by atomic mass is 16.3. The van der Waals surface area contributed by atoms with Gasteiger partial charge in [-0.1, -0.05) is 242 Å². The van der Waals surface area contributed by atoms with E-state index in [4.69, 9.17) is 0 Å². The average Bonchev–Trinajstić information content (AvgIpc) is 3.20. The number of allylic oxidation sites excluding steroid dienone is 9. The molecule has 0 aromatic heterocycles. The molecule has 3 N–H and O–H groups in total. The maximum Gasteiger partial charge on any atom is 0.220 e. The first-order valence-electron chi connectivity index (χ1n) is 24.5. The van der Waals surface area contributed by atoms with E-state index in [1.54, 1.807) is 6.08 Å². The summed E-state index contributed by atoms with van der Waals surface area (Å²) in [5.41, 5.74) is 0. The van der Waals surface area contributed by atoms with Gasteiger partial charge in [0.2, 0.25) is 5.91 Å². The molecule has 4 nitrogen and oxygen atoms in total. The van der Waals surface area contributed by atoms with Gasteiger partial charge in [0.15, 0.2) is 0 Å². The number of unbranched alkanes of at least 4 members (excludes halogenated alkanes) is 29. The summed E-state index contributed by atoms with van der Waals surface area (Å²) >= 11 is 0. The quantitative estimate of drug-likeness (QED) is 0.0426. The van der Waals surface area contributed by atoms with E-state index in [0.717, 1.165) is 51.4 Å². The largest absolute Gasteiger partial charge is 0.394 e. The predicted molar refractivity (Wildman–Crippen MR) is 248 cm³/mol. The highest BCUT2D eigenvalue weighted by molar-refractivity contribution is 5.76. The van der Waals surface area contributed by atoms with Gasteiger partial charge in [-0.15, -0.1) is 0 Å². The number of carbonyl (C=O) groups is 1. The summed E-state index contributed by atoms with van der Waals surface area (Å²) in [6.07, 6.45) is 66.4. The minimum absolute atomic E-state index is 0.0638. The minimum atomic E-state index is -0.838. The Morgan fingerprint density at radius 2 is 0.786 bits per heavy atom. The van der Waals surface area contributed by atoms with Crippen LogP contribution in [0.2, 0.25) is 0 Å². The zero-order chi connectivity index (χ0) is 40.7. The average molecular weight is 782 g/mol. The maximum absolute atomic E-state index is 12.4. The van der Waals surface area contributed by atoms with Gasteiger partial charge in [-0.05, 0) is 57.8 Å². The second-order valence-corrected chi connectivity index (χ2v) is 16.5. The molecule has 0 radical (unpaired) electrons. The second-order valence-electron chi connectivity index (χ2n) is 16.5. The van der Waals surface area contributed by atoms with Crippen LogP contribution in [0.15, 0.2) is 60.8 Å². The summed E-state index contributed by atoms with van der Waals surface area (Å²) in [4.78, 5) is 12.4. The summed E-state index contributed by atoms with van der Waals surface area (Å²) in [5, 5.41) is 23.0. The summed E-state index contributed by atoms with van der Waals surface area (Å²) in [6, 6.07) is -0.621. The van der Waals surface area contributed by atoms with Crippen LogP contribution in [0.4, 0.5) is 0 Å². The number of carbonyl (C=O) groups excluding carboxylic acids is 1. The molecule has 2 unspecified atom stereocenters. The smallest absolute Gasteiger partial charge is 0.220 e. The number of amides is 1. The van der Waals surface area contributed by atoms with Crippen molar-refractivity contribution >= 4 is 5.91 Å². The van der Waals surface area contributed by atoms with Crippen LogP contribution < -0.4 is 5.32 Å². The first-order valence-corrected chi connectivity index (χ1v) is 24.5. The molecule has 0 fully saturated rings. The maximum atomic E-state index is 12.4. The van der Waals surface area contributed by atoms with Gasteiger partial charge in [0, 0.05) is 6.42 Å². The molecule has 0 heterocycles. The van der Waals surface area contributed by atoms with Crippen LogP contribution >= 0.6 is 0 Å². The van der Waals surface area contributed by atoms with E-state index in [2.05, 4.69) is 67.8 Å². The standard InChI is InChI=1S/C52H95NO3/c1-3-5-7-9-11-13-15-17-18-19-20-21-22-23-24-25-26-27-28-29-30-31-32-33-34-36-38-40-42-44-46-48-52(56)53-50(49-54)51(55)47-45-43-41-39-37-35-16-14-12-10-8-6-4-2/h5,7,11,13,17-18,20-21,45,47,50-51,54-55H,3-4,6,8-10,12,14-16,19,22-44,46,48-49H2,1-2H3,(H,53,56)/b7-5-,13-11-,18-17-,21-20-,47-45+. The SMILES string of the molecule is CC/C=C\C/C=C\C/C=C\C/C=C\CCCCCCCCCCCCCCCCCCCCC(=O)NC(CO)C(O)/C=C/CCCCCCCCCCCCC.